The molecule has 1 fully saturated rings. The molecule has 0 saturated heterocycles. The molecule has 10 heteroatoms. The summed E-state index contributed by atoms with van der Waals surface area (Å²) in [6, 6.07) is 19.3. The van der Waals surface area contributed by atoms with Crippen LogP contribution in [0.2, 0.25) is 0 Å². The molecule has 4 aromatic rings. The second-order valence-electron chi connectivity index (χ2n) is 10.7. The molecular weight excluding hydrogens is 546 g/mol. The van der Waals surface area contributed by atoms with Crippen molar-refractivity contribution in [2.45, 2.75) is 64.1 Å². The quantitative estimate of drug-likeness (QED) is 0.249. The maximum Gasteiger partial charge on any atom is 0.338 e. The highest BCUT2D eigenvalue weighted by Gasteiger charge is 2.37. The first kappa shape index (κ1) is 29.8. The Morgan fingerprint density at radius 1 is 1.00 bits per heavy atom. The minimum absolute atomic E-state index is 0.0153. The molecule has 1 heterocycles. The summed E-state index contributed by atoms with van der Waals surface area (Å²) in [7, 11) is 1.57. The number of rotatable bonds is 10. The van der Waals surface area contributed by atoms with E-state index in [0.29, 0.717) is 28.0 Å². The third-order valence-corrected chi connectivity index (χ3v) is 7.86. The van der Waals surface area contributed by atoms with Crippen LogP contribution in [0.5, 0.6) is 5.75 Å². The molecule has 1 aliphatic rings. The second-order valence-corrected chi connectivity index (χ2v) is 10.7. The minimum atomic E-state index is -1.05. The predicted molar refractivity (Wildman–Crippen MR) is 163 cm³/mol. The van der Waals surface area contributed by atoms with Gasteiger partial charge in [0.25, 0.3) is 5.91 Å². The molecule has 0 bridgehead atoms. The number of para-hydroxylation sites is 1. The molecule has 1 aliphatic carbocycles. The van der Waals surface area contributed by atoms with Gasteiger partial charge in [0, 0.05) is 11.7 Å². The van der Waals surface area contributed by atoms with Crippen LogP contribution in [0.1, 0.15) is 74.0 Å². The van der Waals surface area contributed by atoms with Crippen LogP contribution in [-0.2, 0) is 14.3 Å². The van der Waals surface area contributed by atoms with Gasteiger partial charge in [0.2, 0.25) is 5.91 Å². The fourth-order valence-electron chi connectivity index (χ4n) is 5.61. The van der Waals surface area contributed by atoms with Gasteiger partial charge in [0.05, 0.1) is 24.8 Å². The predicted octanol–water partition coefficient (Wildman–Crippen LogP) is 5.40. The van der Waals surface area contributed by atoms with Crippen LogP contribution in [0.25, 0.3) is 11.0 Å². The molecular formula is C33H37N5O5. The van der Waals surface area contributed by atoms with E-state index in [9.17, 15) is 14.4 Å². The molecule has 0 unspecified atom stereocenters. The zero-order valence-corrected chi connectivity index (χ0v) is 24.7. The number of hydrogen-bond donors (Lipinski definition) is 1. The first-order valence-corrected chi connectivity index (χ1v) is 14.8. The Labute approximate surface area is 251 Å². The highest BCUT2D eigenvalue weighted by atomic mass is 16.5. The maximum atomic E-state index is 14.6. The van der Waals surface area contributed by atoms with E-state index in [1.807, 2.05) is 24.3 Å². The van der Waals surface area contributed by atoms with Crippen LogP contribution in [-0.4, -0.2) is 52.5 Å². The van der Waals surface area contributed by atoms with Gasteiger partial charge in [-0.1, -0.05) is 54.8 Å². The van der Waals surface area contributed by atoms with Gasteiger partial charge in [-0.05, 0) is 74.7 Å². The van der Waals surface area contributed by atoms with Gasteiger partial charge in [-0.3, -0.25) is 14.5 Å². The lowest BCUT2D eigenvalue weighted by Crippen LogP contribution is -2.49. The summed E-state index contributed by atoms with van der Waals surface area (Å²) in [5.41, 5.74) is 2.60. The number of anilines is 1. The number of methoxy groups -OCH3 is 1. The molecule has 2 amide bonds. The Morgan fingerprint density at radius 2 is 1.74 bits per heavy atom. The monoisotopic (exact) mass is 583 g/mol. The summed E-state index contributed by atoms with van der Waals surface area (Å²) in [5.74, 6) is -0.585. The van der Waals surface area contributed by atoms with Crippen LogP contribution in [0.15, 0.2) is 72.8 Å². The molecule has 1 N–H and O–H groups in total. The van der Waals surface area contributed by atoms with Crippen LogP contribution >= 0.6 is 0 Å². The lowest BCUT2D eigenvalue weighted by atomic mass is 9.94. The average Bonchev–Trinajstić information content (AvgIpc) is 3.48. The molecule has 224 valence electrons. The Hall–Kier alpha value is -4.73. The number of carbonyl (C=O) groups is 3. The van der Waals surface area contributed by atoms with Gasteiger partial charge in [-0.25, -0.2) is 9.48 Å². The number of nitrogens with zero attached hydrogens (tertiary/aromatic N) is 4. The molecule has 0 spiro atoms. The average molecular weight is 584 g/mol. The number of nitrogens with one attached hydrogen (secondary N) is 1. The van der Waals surface area contributed by atoms with Gasteiger partial charge < -0.3 is 14.8 Å². The summed E-state index contributed by atoms with van der Waals surface area (Å²) in [5, 5.41) is 11.7. The number of hydrogen-bond acceptors (Lipinski definition) is 7. The number of ether oxygens (including phenoxy) is 2. The highest BCUT2D eigenvalue weighted by Crippen LogP contribution is 2.33. The van der Waals surface area contributed by atoms with Crippen molar-refractivity contribution in [3.63, 3.8) is 0 Å². The van der Waals surface area contributed by atoms with Crippen molar-refractivity contribution < 1.29 is 23.9 Å². The number of esters is 1. The molecule has 5 rings (SSSR count). The van der Waals surface area contributed by atoms with Gasteiger partial charge >= 0.3 is 5.97 Å². The van der Waals surface area contributed by atoms with Crippen molar-refractivity contribution >= 4 is 34.5 Å². The summed E-state index contributed by atoms with van der Waals surface area (Å²) < 4.78 is 12.2. The van der Waals surface area contributed by atoms with E-state index in [2.05, 4.69) is 15.6 Å². The van der Waals surface area contributed by atoms with Crippen LogP contribution in [0, 0.1) is 0 Å². The van der Waals surface area contributed by atoms with E-state index in [1.165, 1.54) is 4.90 Å². The molecule has 0 aliphatic heterocycles. The number of carbonyl (C=O) groups excluding carboxylic acids is 3. The fraction of sp³-hybridized carbons (Fsp3) is 0.364. The summed E-state index contributed by atoms with van der Waals surface area (Å²) in [6.07, 6.45) is 4.99. The van der Waals surface area contributed by atoms with Crippen molar-refractivity contribution in [3.8, 4) is 5.75 Å². The Kier molecular flexibility index (Phi) is 9.34. The largest absolute Gasteiger partial charge is 0.497 e. The number of amides is 2. The zero-order valence-electron chi connectivity index (χ0n) is 24.7. The summed E-state index contributed by atoms with van der Waals surface area (Å²) in [4.78, 5) is 43.1. The fourth-order valence-corrected chi connectivity index (χ4v) is 5.61. The maximum absolute atomic E-state index is 14.6. The number of benzene rings is 3. The van der Waals surface area contributed by atoms with Gasteiger partial charge in [-0.15, -0.1) is 5.10 Å². The van der Waals surface area contributed by atoms with E-state index in [0.717, 1.165) is 32.1 Å². The van der Waals surface area contributed by atoms with Crippen molar-refractivity contribution in [1.82, 2.24) is 20.3 Å². The SMILES string of the molecule is CCOC(=O)c1cccc(N(C(=O)[C@H](C)n2nnc3ccccc32)[C@H](C(=O)NC2CCCCC2)c2ccc(OC)cc2)c1. The van der Waals surface area contributed by atoms with E-state index >= 15 is 0 Å². The first-order chi connectivity index (χ1) is 20.9. The lowest BCUT2D eigenvalue weighted by molar-refractivity contribution is -0.128. The molecule has 2 atom stereocenters. The van der Waals surface area contributed by atoms with Crippen LogP contribution < -0.4 is 15.0 Å². The Balaban J connectivity index is 1.63. The van der Waals surface area contributed by atoms with Crippen molar-refractivity contribution in [3.05, 3.63) is 83.9 Å². The minimum Gasteiger partial charge on any atom is -0.497 e. The summed E-state index contributed by atoms with van der Waals surface area (Å²) >= 11 is 0. The molecule has 43 heavy (non-hydrogen) atoms. The number of fused-ring (bicyclic) bond motifs is 1. The second kappa shape index (κ2) is 13.5. The van der Waals surface area contributed by atoms with Gasteiger partial charge in [0.1, 0.15) is 23.3 Å². The smallest absolute Gasteiger partial charge is 0.338 e. The van der Waals surface area contributed by atoms with Crippen molar-refractivity contribution in [2.75, 3.05) is 18.6 Å². The number of aromatic nitrogens is 3. The van der Waals surface area contributed by atoms with E-state index in [1.54, 1.807) is 74.2 Å². The summed E-state index contributed by atoms with van der Waals surface area (Å²) in [6.45, 7) is 3.67. The normalized spacial score (nSPS) is 15.0. The Morgan fingerprint density at radius 3 is 2.47 bits per heavy atom. The molecule has 10 nitrogen and oxygen atoms in total. The standard InChI is InChI=1S/C33H37N5O5/c1-4-43-33(41)24-11-10-14-26(21-24)37(32(40)22(2)38-29-16-9-8-15-28(29)35-36-38)30(23-17-19-27(42-3)20-18-23)31(39)34-25-12-6-5-7-13-25/h8-11,14-22,25,30H,4-7,12-13H2,1-3H3,(H,34,39)/t22-,30-/m0/s1. The van der Waals surface area contributed by atoms with E-state index in [-0.39, 0.29) is 24.1 Å². The zero-order chi connectivity index (χ0) is 30.3. The molecule has 1 aromatic heterocycles. The Bertz CT molecular complexity index is 1580. The highest BCUT2D eigenvalue weighted by molar-refractivity contribution is 6.04. The topological polar surface area (TPSA) is 116 Å². The van der Waals surface area contributed by atoms with Crippen LogP contribution in [0.4, 0.5) is 5.69 Å². The van der Waals surface area contributed by atoms with Gasteiger partial charge in [-0.2, -0.15) is 0 Å². The van der Waals surface area contributed by atoms with Gasteiger partial charge in [0.15, 0.2) is 0 Å². The van der Waals surface area contributed by atoms with Crippen molar-refractivity contribution in [2.24, 2.45) is 0 Å². The third kappa shape index (κ3) is 6.53. The molecule has 1 saturated carbocycles. The molecule has 0 radical (unpaired) electrons. The van der Waals surface area contributed by atoms with Crippen molar-refractivity contribution in [1.29, 1.82) is 0 Å². The van der Waals surface area contributed by atoms with E-state index in [4.69, 9.17) is 9.47 Å². The van der Waals surface area contributed by atoms with Crippen LogP contribution in [0.3, 0.4) is 0 Å². The third-order valence-electron chi connectivity index (χ3n) is 7.86. The molecule has 3 aromatic carbocycles. The first-order valence-electron chi connectivity index (χ1n) is 14.8. The van der Waals surface area contributed by atoms with E-state index < -0.39 is 24.0 Å². The lowest BCUT2D eigenvalue weighted by Gasteiger charge is -2.35.